The first kappa shape index (κ1) is 28.1. The first-order valence-corrected chi connectivity index (χ1v) is 15.9. The smallest absolute Gasteiger partial charge is 0.120 e. The molecule has 44 heavy (non-hydrogen) atoms. The maximum Gasteiger partial charge on any atom is 0.120 e. The Morgan fingerprint density at radius 1 is 0.591 bits per heavy atom. The largest absolute Gasteiger partial charge is 0.492 e. The molecule has 0 N–H and O–H groups in total. The first-order chi connectivity index (χ1) is 21.7. The molecule has 0 atom stereocenters. The fourth-order valence-corrected chi connectivity index (χ4v) is 6.83. The predicted octanol–water partition coefficient (Wildman–Crippen LogP) is 9.17. The topological polar surface area (TPSA) is 57.1 Å². The third kappa shape index (κ3) is 4.90. The van der Waals surface area contributed by atoms with Gasteiger partial charge in [0.05, 0.1) is 12.0 Å². The Hall–Kier alpha value is -4.65. The van der Waals surface area contributed by atoms with Crippen LogP contribution in [0.25, 0.3) is 32.7 Å². The van der Waals surface area contributed by atoms with E-state index >= 15 is 0 Å². The van der Waals surface area contributed by atoms with Gasteiger partial charge in [-0.1, -0.05) is 90.1 Å². The Kier molecular flexibility index (Phi) is 7.77. The van der Waals surface area contributed by atoms with Crippen LogP contribution in [0.3, 0.4) is 0 Å². The molecule has 0 amide bonds. The molecule has 0 aliphatic heterocycles. The lowest BCUT2D eigenvalue weighted by atomic mass is 9.67. The Morgan fingerprint density at radius 2 is 1.09 bits per heavy atom. The zero-order valence-electron chi connectivity index (χ0n) is 24.4. The van der Waals surface area contributed by atoms with E-state index in [1.54, 1.807) is 0 Å². The highest BCUT2D eigenvalue weighted by Gasteiger charge is 2.46. The van der Waals surface area contributed by atoms with Gasteiger partial charge in [0.15, 0.2) is 0 Å². The Balaban J connectivity index is 1.38. The van der Waals surface area contributed by atoms with Crippen molar-refractivity contribution in [2.75, 3.05) is 32.6 Å². The summed E-state index contributed by atoms with van der Waals surface area (Å²) in [6.45, 7) is 1.45. The Morgan fingerprint density at radius 3 is 1.64 bits per heavy atom. The Bertz CT molecular complexity index is 1940. The molecular formula is C38H31NO4S. The number of fused-ring (bicyclic) bond motifs is 5. The number of rotatable bonds is 11. The Labute approximate surface area is 261 Å². The van der Waals surface area contributed by atoms with Crippen LogP contribution in [-0.2, 0) is 9.60 Å². The minimum Gasteiger partial charge on any atom is -0.492 e. The van der Waals surface area contributed by atoms with Crippen LogP contribution in [0.5, 0.6) is 11.5 Å². The summed E-state index contributed by atoms with van der Waals surface area (Å²) < 4.78 is 17.0. The van der Waals surface area contributed by atoms with E-state index in [-0.39, 0.29) is 13.2 Å². The molecule has 0 unspecified atom stereocenters. The predicted molar refractivity (Wildman–Crippen MR) is 180 cm³/mol. The van der Waals surface area contributed by atoms with Gasteiger partial charge >= 0.3 is 0 Å². The molecule has 0 radical (unpaired) electrons. The summed E-state index contributed by atoms with van der Waals surface area (Å²) in [6.07, 6.45) is 1.90. The van der Waals surface area contributed by atoms with Crippen molar-refractivity contribution in [3.8, 4) is 22.6 Å². The SMILES string of the molecule is CSOCCOc1ccc2cc(C3(c4ccc5cc(OCCN=O)ccc5c4)c4ccccc4-c4ccccc43)ccc2c1. The van der Waals surface area contributed by atoms with Gasteiger partial charge in [-0.2, -0.15) is 4.91 Å². The van der Waals surface area contributed by atoms with Gasteiger partial charge < -0.3 is 13.7 Å². The van der Waals surface area contributed by atoms with Crippen molar-refractivity contribution in [2.24, 2.45) is 5.18 Å². The fourth-order valence-electron chi connectivity index (χ4n) is 6.60. The minimum absolute atomic E-state index is 0.131. The van der Waals surface area contributed by atoms with Gasteiger partial charge in [-0.3, -0.25) is 0 Å². The molecule has 6 aromatic rings. The molecule has 0 bridgehead atoms. The molecular weight excluding hydrogens is 566 g/mol. The molecule has 0 saturated carbocycles. The van der Waals surface area contributed by atoms with Crippen LogP contribution in [0.4, 0.5) is 0 Å². The monoisotopic (exact) mass is 597 g/mol. The van der Waals surface area contributed by atoms with Crippen LogP contribution >= 0.6 is 12.0 Å². The van der Waals surface area contributed by atoms with Crippen molar-refractivity contribution in [1.29, 1.82) is 0 Å². The number of benzene rings is 6. The van der Waals surface area contributed by atoms with E-state index in [9.17, 15) is 4.91 Å². The standard InChI is InChI=1S/C38H31NO4S/c1-44-43-21-20-42-33-17-13-27-23-31(15-11-29(27)25-33)38(36-8-4-2-6-34(36)35-7-3-5-9-37(35)38)30-14-10-28-24-32(41-19-18-39-40)16-12-26(28)22-30/h2-17,22-25H,18-21H2,1H3. The van der Waals surface area contributed by atoms with Gasteiger partial charge in [0.25, 0.3) is 0 Å². The van der Waals surface area contributed by atoms with Gasteiger partial charge in [0, 0.05) is 6.26 Å². The molecule has 1 aliphatic carbocycles. The summed E-state index contributed by atoms with van der Waals surface area (Å²) in [6, 6.07) is 43.4. The van der Waals surface area contributed by atoms with Crippen molar-refractivity contribution in [2.45, 2.75) is 5.41 Å². The second-order valence-electron chi connectivity index (χ2n) is 10.8. The lowest BCUT2D eigenvalue weighted by Crippen LogP contribution is -2.28. The van der Waals surface area contributed by atoms with Crippen molar-refractivity contribution in [1.82, 2.24) is 0 Å². The molecule has 7 rings (SSSR count). The normalized spacial score (nSPS) is 13.0. The van der Waals surface area contributed by atoms with Crippen LogP contribution in [-0.4, -0.2) is 32.6 Å². The summed E-state index contributed by atoms with van der Waals surface area (Å²) in [5.41, 5.74) is 6.97. The van der Waals surface area contributed by atoms with Crippen molar-refractivity contribution < 1.29 is 13.7 Å². The van der Waals surface area contributed by atoms with Crippen molar-refractivity contribution in [3.63, 3.8) is 0 Å². The lowest BCUT2D eigenvalue weighted by molar-refractivity contribution is 0.239. The second-order valence-corrected chi connectivity index (χ2v) is 11.4. The van der Waals surface area contributed by atoms with Crippen molar-refractivity contribution >= 4 is 33.6 Å². The molecule has 0 spiro atoms. The number of nitroso groups, excluding NO2 is 1. The van der Waals surface area contributed by atoms with E-state index in [0.717, 1.165) is 33.0 Å². The summed E-state index contributed by atoms with van der Waals surface area (Å²) in [5, 5.41) is 7.38. The zero-order chi connectivity index (χ0) is 29.9. The van der Waals surface area contributed by atoms with E-state index in [1.165, 1.54) is 45.4 Å². The lowest BCUT2D eigenvalue weighted by Gasteiger charge is -2.34. The van der Waals surface area contributed by atoms with E-state index in [2.05, 4.69) is 108 Å². The number of ether oxygens (including phenoxy) is 2. The maximum atomic E-state index is 10.5. The number of nitrogens with zero attached hydrogens (tertiary/aromatic N) is 1. The number of hydrogen-bond acceptors (Lipinski definition) is 6. The summed E-state index contributed by atoms with van der Waals surface area (Å²) in [5.74, 6) is 1.57. The molecule has 218 valence electrons. The van der Waals surface area contributed by atoms with E-state index in [0.29, 0.717) is 13.2 Å². The van der Waals surface area contributed by atoms with Gasteiger partial charge in [0.1, 0.15) is 31.3 Å². The summed E-state index contributed by atoms with van der Waals surface area (Å²) in [4.78, 5) is 10.5. The minimum atomic E-state index is -0.509. The average molecular weight is 598 g/mol. The molecule has 1 aliphatic rings. The maximum absolute atomic E-state index is 10.5. The third-order valence-electron chi connectivity index (χ3n) is 8.45. The molecule has 6 aromatic carbocycles. The number of hydrogen-bond donors (Lipinski definition) is 0. The van der Waals surface area contributed by atoms with Gasteiger partial charge in [0.2, 0.25) is 0 Å². The van der Waals surface area contributed by atoms with Crippen LogP contribution in [0.2, 0.25) is 0 Å². The average Bonchev–Trinajstić information content (AvgIpc) is 3.37. The first-order valence-electron chi connectivity index (χ1n) is 14.7. The van der Waals surface area contributed by atoms with Crippen LogP contribution in [0.15, 0.2) is 127 Å². The molecule has 6 heteroatoms. The third-order valence-corrected chi connectivity index (χ3v) is 8.85. The molecule has 5 nitrogen and oxygen atoms in total. The molecule has 0 heterocycles. The van der Waals surface area contributed by atoms with Crippen molar-refractivity contribution in [3.05, 3.63) is 148 Å². The van der Waals surface area contributed by atoms with Gasteiger partial charge in [-0.25, -0.2) is 0 Å². The molecule has 0 aromatic heterocycles. The fraction of sp³-hybridized carbons (Fsp3) is 0.158. The zero-order valence-corrected chi connectivity index (χ0v) is 25.2. The highest BCUT2D eigenvalue weighted by atomic mass is 32.2. The van der Waals surface area contributed by atoms with Gasteiger partial charge in [-0.15, -0.1) is 0 Å². The molecule has 0 fully saturated rings. The van der Waals surface area contributed by atoms with Crippen LogP contribution < -0.4 is 9.47 Å². The summed E-state index contributed by atoms with van der Waals surface area (Å²) >= 11 is 1.35. The van der Waals surface area contributed by atoms with Crippen LogP contribution in [0, 0.1) is 4.91 Å². The quantitative estimate of drug-likeness (QED) is 0.0845. The highest BCUT2D eigenvalue weighted by Crippen LogP contribution is 2.56. The van der Waals surface area contributed by atoms with Crippen LogP contribution in [0.1, 0.15) is 22.3 Å². The van der Waals surface area contributed by atoms with E-state index in [4.69, 9.17) is 13.7 Å². The van der Waals surface area contributed by atoms with E-state index < -0.39 is 5.41 Å². The second kappa shape index (κ2) is 12.2. The highest BCUT2D eigenvalue weighted by molar-refractivity contribution is 7.93. The van der Waals surface area contributed by atoms with Gasteiger partial charge in [-0.05, 0) is 103 Å². The summed E-state index contributed by atoms with van der Waals surface area (Å²) in [7, 11) is 0. The van der Waals surface area contributed by atoms with E-state index in [1.807, 2.05) is 24.5 Å². The molecule has 0 saturated heterocycles.